The molecule has 0 saturated carbocycles. The van der Waals surface area contributed by atoms with Gasteiger partial charge in [0.15, 0.2) is 0 Å². The van der Waals surface area contributed by atoms with E-state index < -0.39 is 5.97 Å². The van der Waals surface area contributed by atoms with Gasteiger partial charge < -0.3 is 10.8 Å². The minimum absolute atomic E-state index is 0.162. The molecule has 0 aromatic heterocycles. The summed E-state index contributed by atoms with van der Waals surface area (Å²) in [6.45, 7) is 5.12. The van der Waals surface area contributed by atoms with E-state index in [0.29, 0.717) is 24.1 Å². The molecule has 3 aromatic carbocycles. The van der Waals surface area contributed by atoms with Crippen molar-refractivity contribution in [3.63, 3.8) is 0 Å². The number of rotatable bonds is 10. The third-order valence-corrected chi connectivity index (χ3v) is 6.34. The summed E-state index contributed by atoms with van der Waals surface area (Å²) in [5, 5.41) is 11.5. The Morgan fingerprint density at radius 3 is 2.62 bits per heavy atom. The Bertz CT molecular complexity index is 1160. The van der Waals surface area contributed by atoms with Crippen LogP contribution in [0.1, 0.15) is 42.6 Å². The second-order valence-electron chi connectivity index (χ2n) is 8.87. The van der Waals surface area contributed by atoms with Gasteiger partial charge in [0.1, 0.15) is 0 Å². The number of hydrogen-bond donors (Lipinski definition) is 3. The van der Waals surface area contributed by atoms with Crippen LogP contribution in [0.4, 0.5) is 5.69 Å². The van der Waals surface area contributed by atoms with Crippen LogP contribution >= 0.6 is 0 Å². The van der Waals surface area contributed by atoms with Crippen molar-refractivity contribution in [1.29, 1.82) is 0 Å². The maximum Gasteiger partial charge on any atom is 0.337 e. The Morgan fingerprint density at radius 2 is 1.88 bits per heavy atom. The average Bonchev–Trinajstić information content (AvgIpc) is 3.07. The molecular formula is C26H30N2O4. The van der Waals surface area contributed by atoms with E-state index in [1.165, 1.54) is 12.7 Å². The average molecular weight is 435 g/mol. The zero-order valence-corrected chi connectivity index (χ0v) is 18.8. The predicted molar refractivity (Wildman–Crippen MR) is 127 cm³/mol. The lowest BCUT2D eigenvalue weighted by Gasteiger charge is -2.18. The maximum absolute atomic E-state index is 11.8. The van der Waals surface area contributed by atoms with Crippen LogP contribution in [0.15, 0.2) is 42.5 Å². The van der Waals surface area contributed by atoms with E-state index in [9.17, 15) is 9.90 Å². The molecule has 0 bridgehead atoms. The fourth-order valence-electron chi connectivity index (χ4n) is 4.95. The molecular weight excluding hydrogens is 404 g/mol. The number of hydrogen-bond acceptors (Lipinski definition) is 5. The van der Waals surface area contributed by atoms with Crippen LogP contribution in [0.25, 0.3) is 33.0 Å². The van der Waals surface area contributed by atoms with Gasteiger partial charge in [-0.15, -0.1) is 0 Å². The molecule has 1 aliphatic rings. The molecule has 0 radical (unpaired) electrons. The van der Waals surface area contributed by atoms with Gasteiger partial charge in [-0.1, -0.05) is 55.9 Å². The van der Waals surface area contributed by atoms with E-state index in [0.717, 1.165) is 52.3 Å². The number of carboxylic acid groups (broad SMARTS) is 1. The highest BCUT2D eigenvalue weighted by Gasteiger charge is 2.25. The van der Waals surface area contributed by atoms with E-state index in [4.69, 9.17) is 10.6 Å². The van der Waals surface area contributed by atoms with Crippen LogP contribution in [0.5, 0.6) is 0 Å². The zero-order valence-electron chi connectivity index (χ0n) is 18.8. The van der Waals surface area contributed by atoms with Crippen molar-refractivity contribution in [2.24, 2.45) is 11.8 Å². The number of anilines is 1. The monoisotopic (exact) mass is 434 g/mol. The minimum Gasteiger partial charge on any atom is -0.478 e. The number of aromatic carboxylic acids is 1. The van der Waals surface area contributed by atoms with E-state index >= 15 is 0 Å². The Morgan fingerprint density at radius 1 is 1.06 bits per heavy atom. The third-order valence-electron chi connectivity index (χ3n) is 6.34. The van der Waals surface area contributed by atoms with Crippen LogP contribution < -0.4 is 11.4 Å². The molecule has 1 aliphatic carbocycles. The highest BCUT2D eigenvalue weighted by molar-refractivity contribution is 6.21. The molecule has 3 aromatic rings. The number of nitrogens with one attached hydrogen (secondary N) is 1. The van der Waals surface area contributed by atoms with Crippen molar-refractivity contribution in [3.05, 3.63) is 53.6 Å². The Hall–Kier alpha value is -2.93. The van der Waals surface area contributed by atoms with Gasteiger partial charge >= 0.3 is 5.97 Å². The highest BCUT2D eigenvalue weighted by atomic mass is 16.9. The second kappa shape index (κ2) is 9.28. The van der Waals surface area contributed by atoms with Crippen molar-refractivity contribution < 1.29 is 19.6 Å². The fraction of sp³-hybridized carbons (Fsp3) is 0.346. The molecule has 32 heavy (non-hydrogen) atoms. The third kappa shape index (κ3) is 4.21. The first-order chi connectivity index (χ1) is 15.4. The Balaban J connectivity index is 1.57. The lowest BCUT2D eigenvalue weighted by Crippen LogP contribution is -2.16. The van der Waals surface area contributed by atoms with Gasteiger partial charge in [-0.25, -0.2) is 4.79 Å². The van der Waals surface area contributed by atoms with Crippen molar-refractivity contribution >= 4 is 22.4 Å². The van der Waals surface area contributed by atoms with E-state index in [1.54, 1.807) is 6.07 Å². The first kappa shape index (κ1) is 22.3. The van der Waals surface area contributed by atoms with Crippen LogP contribution in [-0.2, 0) is 16.1 Å². The van der Waals surface area contributed by atoms with Gasteiger partial charge in [-0.2, -0.15) is 0 Å². The molecule has 4 N–H and O–H groups in total. The summed E-state index contributed by atoms with van der Waals surface area (Å²) in [5.74, 6) is 0.0587. The minimum atomic E-state index is -0.997. The molecule has 168 valence electrons. The molecule has 0 heterocycles. The molecule has 0 fully saturated rings. The van der Waals surface area contributed by atoms with Gasteiger partial charge in [0.2, 0.25) is 0 Å². The number of fused-ring (bicyclic) bond motifs is 3. The van der Waals surface area contributed by atoms with E-state index in [-0.39, 0.29) is 5.56 Å². The fourth-order valence-corrected chi connectivity index (χ4v) is 4.95. The van der Waals surface area contributed by atoms with Crippen LogP contribution in [-0.4, -0.2) is 24.8 Å². The van der Waals surface area contributed by atoms with Crippen LogP contribution in [0.3, 0.4) is 0 Å². The molecule has 6 nitrogen and oxygen atoms in total. The zero-order chi connectivity index (χ0) is 22.8. The van der Waals surface area contributed by atoms with Crippen LogP contribution in [0.2, 0.25) is 0 Å². The normalized spacial score (nSPS) is 13.8. The first-order valence-corrected chi connectivity index (χ1v) is 11.0. The first-order valence-electron chi connectivity index (χ1n) is 11.0. The number of carbonyl (C=O) groups is 1. The molecule has 0 aliphatic heterocycles. The summed E-state index contributed by atoms with van der Waals surface area (Å²) in [5.41, 5.74) is 14.7. The lowest BCUT2D eigenvalue weighted by molar-refractivity contribution is -0.153. The molecule has 4 rings (SSSR count). The molecule has 6 heteroatoms. The van der Waals surface area contributed by atoms with E-state index in [1.807, 2.05) is 12.1 Å². The quantitative estimate of drug-likeness (QED) is 0.175. The standard InChI is InChI=1S/C26H30N2O4/c1-15(9-10-32-28-31-3)11-16(2)12-17-7-8-18-19-5-4-6-20-24(19)22(21(18)13-17)14-23(25(20)27)26(29)30/h4-8,13-16,28H,9-12,27H2,1-3H3,(H,29,30). The number of nitrogens with two attached hydrogens (primary N) is 1. The Kier molecular flexibility index (Phi) is 6.46. The summed E-state index contributed by atoms with van der Waals surface area (Å²) in [7, 11) is 1.53. The van der Waals surface area contributed by atoms with Crippen molar-refractivity contribution in [2.45, 2.75) is 33.1 Å². The largest absolute Gasteiger partial charge is 0.478 e. The van der Waals surface area contributed by atoms with Gasteiger partial charge in [-0.3, -0.25) is 9.68 Å². The Labute approximate surface area is 188 Å². The molecule has 2 unspecified atom stereocenters. The van der Waals surface area contributed by atoms with Crippen molar-refractivity contribution in [1.82, 2.24) is 5.64 Å². The maximum atomic E-state index is 11.8. The van der Waals surface area contributed by atoms with Crippen molar-refractivity contribution in [3.8, 4) is 22.3 Å². The topological polar surface area (TPSA) is 93.8 Å². The van der Waals surface area contributed by atoms with Gasteiger partial charge in [0.25, 0.3) is 0 Å². The summed E-state index contributed by atoms with van der Waals surface area (Å²) >= 11 is 0. The summed E-state index contributed by atoms with van der Waals surface area (Å²) in [4.78, 5) is 21.6. The smallest absolute Gasteiger partial charge is 0.337 e. The molecule has 0 spiro atoms. The molecule has 0 saturated heterocycles. The summed E-state index contributed by atoms with van der Waals surface area (Å²) in [6.07, 6.45) is 3.03. The molecule has 0 amide bonds. The van der Waals surface area contributed by atoms with Gasteiger partial charge in [0, 0.05) is 5.39 Å². The molecule has 2 atom stereocenters. The lowest BCUT2D eigenvalue weighted by atomic mass is 9.89. The van der Waals surface area contributed by atoms with Crippen molar-refractivity contribution in [2.75, 3.05) is 19.5 Å². The van der Waals surface area contributed by atoms with E-state index in [2.05, 4.69) is 48.6 Å². The highest BCUT2D eigenvalue weighted by Crippen LogP contribution is 2.49. The second-order valence-corrected chi connectivity index (χ2v) is 8.87. The number of carboxylic acids is 1. The summed E-state index contributed by atoms with van der Waals surface area (Å²) in [6, 6.07) is 14.3. The SMILES string of the molecule is CONOCCC(C)CC(C)Cc1ccc2c(c1)-c1cc(C(=O)O)c(N)c3cccc-2c13. The van der Waals surface area contributed by atoms with Crippen LogP contribution in [0, 0.1) is 11.8 Å². The summed E-state index contributed by atoms with van der Waals surface area (Å²) < 4.78 is 0. The number of nitrogen functional groups attached to an aromatic ring is 1. The van der Waals surface area contributed by atoms with Gasteiger partial charge in [-0.05, 0) is 70.4 Å². The number of benzene rings is 3. The van der Waals surface area contributed by atoms with Gasteiger partial charge in [0.05, 0.1) is 25.0 Å². The predicted octanol–water partition coefficient (Wildman–Crippen LogP) is 5.45.